The van der Waals surface area contributed by atoms with E-state index in [9.17, 15) is 30.7 Å². The number of halogens is 7. The SMILES string of the molecule is CC(C)(C)c1ccc(F)cc1.CC(C)(C)c1ccc(OC(F)(F)F)cc1.CC(C)(C)c1ccc(OCC(F)(F)F)cc1.CC(C)(C)c1ccccc1. The van der Waals surface area contributed by atoms with Crippen LogP contribution in [0.2, 0.25) is 0 Å². The Balaban J connectivity index is 0.000000353. The van der Waals surface area contributed by atoms with Gasteiger partial charge < -0.3 is 9.47 Å². The van der Waals surface area contributed by atoms with Crippen molar-refractivity contribution >= 4 is 0 Å². The number of rotatable bonds is 3. The van der Waals surface area contributed by atoms with E-state index in [1.165, 1.54) is 35.4 Å². The summed E-state index contributed by atoms with van der Waals surface area (Å²) in [5, 5.41) is 0. The van der Waals surface area contributed by atoms with E-state index in [0.717, 1.165) is 11.1 Å². The minimum Gasteiger partial charge on any atom is -0.484 e. The van der Waals surface area contributed by atoms with E-state index in [1.807, 2.05) is 53.7 Å². The summed E-state index contributed by atoms with van der Waals surface area (Å²) in [5.74, 6) is -0.112. The van der Waals surface area contributed by atoms with Gasteiger partial charge in [0.05, 0.1) is 0 Å². The van der Waals surface area contributed by atoms with Crippen molar-refractivity contribution < 1.29 is 40.2 Å². The maximum atomic E-state index is 12.5. The van der Waals surface area contributed by atoms with Crippen molar-refractivity contribution in [1.29, 1.82) is 0 Å². The van der Waals surface area contributed by atoms with Crippen molar-refractivity contribution in [3.63, 3.8) is 0 Å². The van der Waals surface area contributed by atoms with Gasteiger partial charge in [-0.3, -0.25) is 0 Å². The second kappa shape index (κ2) is 18.7. The van der Waals surface area contributed by atoms with Crippen LogP contribution in [0.5, 0.6) is 11.5 Å². The largest absolute Gasteiger partial charge is 0.573 e. The van der Waals surface area contributed by atoms with Crippen LogP contribution in [0.3, 0.4) is 0 Å². The molecule has 4 aromatic rings. The van der Waals surface area contributed by atoms with Crippen LogP contribution in [0, 0.1) is 5.82 Å². The topological polar surface area (TPSA) is 18.5 Å². The number of hydrogen-bond acceptors (Lipinski definition) is 2. The molecule has 0 bridgehead atoms. The molecule has 4 aromatic carbocycles. The fraction of sp³-hybridized carbons (Fsp3) is 0.442. The third-order valence-electron chi connectivity index (χ3n) is 7.43. The van der Waals surface area contributed by atoms with E-state index >= 15 is 0 Å². The Hall–Kier alpha value is -4.01. The molecule has 0 aliphatic carbocycles. The highest BCUT2D eigenvalue weighted by Crippen LogP contribution is 2.28. The van der Waals surface area contributed by atoms with Crippen LogP contribution in [0.4, 0.5) is 30.7 Å². The first kappa shape index (κ1) is 46.0. The smallest absolute Gasteiger partial charge is 0.484 e. The van der Waals surface area contributed by atoms with Crippen LogP contribution >= 0.6 is 0 Å². The Bertz CT molecular complexity index is 1560. The highest BCUT2D eigenvalue weighted by molar-refractivity contribution is 5.32. The molecule has 4 rings (SSSR count). The lowest BCUT2D eigenvalue weighted by Crippen LogP contribution is -2.19. The Morgan fingerprint density at radius 2 is 0.712 bits per heavy atom. The van der Waals surface area contributed by atoms with Gasteiger partial charge in [0, 0.05) is 0 Å². The first-order valence-electron chi connectivity index (χ1n) is 17.0. The molecule has 0 heterocycles. The quantitative estimate of drug-likeness (QED) is 0.195. The molecule has 0 saturated heterocycles. The minimum absolute atomic E-state index is 0.0114. The minimum atomic E-state index is -4.62. The Labute approximate surface area is 306 Å². The average molecular weight is 737 g/mol. The zero-order chi connectivity index (χ0) is 40.2. The van der Waals surface area contributed by atoms with Crippen molar-refractivity contribution in [1.82, 2.24) is 0 Å². The van der Waals surface area contributed by atoms with E-state index in [-0.39, 0.29) is 33.6 Å². The molecule has 0 unspecified atom stereocenters. The summed E-state index contributed by atoms with van der Waals surface area (Å²) in [4.78, 5) is 0. The van der Waals surface area contributed by atoms with Gasteiger partial charge in [-0.15, -0.1) is 13.2 Å². The van der Waals surface area contributed by atoms with E-state index < -0.39 is 19.1 Å². The molecule has 0 aliphatic rings. The average Bonchev–Trinajstić information content (AvgIpc) is 2.99. The highest BCUT2D eigenvalue weighted by atomic mass is 19.4. The van der Waals surface area contributed by atoms with Crippen molar-refractivity contribution in [2.75, 3.05) is 6.61 Å². The first-order valence-corrected chi connectivity index (χ1v) is 17.0. The lowest BCUT2D eigenvalue weighted by atomic mass is 9.87. The van der Waals surface area contributed by atoms with Gasteiger partial charge in [-0.1, -0.05) is 150 Å². The van der Waals surface area contributed by atoms with E-state index in [2.05, 4.69) is 81.3 Å². The molecule has 9 heteroatoms. The molecule has 0 fully saturated rings. The summed E-state index contributed by atoms with van der Waals surface area (Å²) < 4.78 is 92.1. The normalized spacial score (nSPS) is 12.2. The molecular weight excluding hydrogens is 681 g/mol. The molecule has 0 saturated carbocycles. The van der Waals surface area contributed by atoms with Gasteiger partial charge in [0.15, 0.2) is 6.61 Å². The van der Waals surface area contributed by atoms with Gasteiger partial charge >= 0.3 is 12.5 Å². The van der Waals surface area contributed by atoms with Crippen LogP contribution in [-0.4, -0.2) is 19.1 Å². The summed E-state index contributed by atoms with van der Waals surface area (Å²) in [6.45, 7) is 23.9. The second-order valence-corrected chi connectivity index (χ2v) is 16.4. The number of hydrogen-bond donors (Lipinski definition) is 0. The van der Waals surface area contributed by atoms with E-state index in [4.69, 9.17) is 0 Å². The summed E-state index contributed by atoms with van der Waals surface area (Å²) in [7, 11) is 0. The van der Waals surface area contributed by atoms with Crippen molar-refractivity contribution in [2.24, 2.45) is 0 Å². The van der Waals surface area contributed by atoms with Crippen LogP contribution < -0.4 is 9.47 Å². The zero-order valence-electron chi connectivity index (χ0n) is 32.5. The molecule has 0 radical (unpaired) electrons. The van der Waals surface area contributed by atoms with E-state index in [0.29, 0.717) is 5.41 Å². The van der Waals surface area contributed by atoms with Crippen LogP contribution in [0.1, 0.15) is 105 Å². The lowest BCUT2D eigenvalue weighted by Gasteiger charge is -2.19. The Kier molecular flexibility index (Phi) is 16.5. The number of alkyl halides is 6. The maximum absolute atomic E-state index is 12.5. The van der Waals surface area contributed by atoms with Gasteiger partial charge in [-0.25, -0.2) is 4.39 Å². The van der Waals surface area contributed by atoms with Gasteiger partial charge in [0.2, 0.25) is 0 Å². The maximum Gasteiger partial charge on any atom is 0.573 e. The summed E-state index contributed by atoms with van der Waals surface area (Å²) in [5.41, 5.74) is 4.92. The monoisotopic (exact) mass is 736 g/mol. The fourth-order valence-corrected chi connectivity index (χ4v) is 4.26. The molecular formula is C43H55F7O2. The second-order valence-electron chi connectivity index (χ2n) is 16.4. The van der Waals surface area contributed by atoms with Crippen LogP contribution in [0.15, 0.2) is 103 Å². The molecule has 0 amide bonds. The lowest BCUT2D eigenvalue weighted by molar-refractivity contribution is -0.274. The highest BCUT2D eigenvalue weighted by Gasteiger charge is 2.31. The molecule has 288 valence electrons. The first-order chi connectivity index (χ1) is 23.5. The molecule has 52 heavy (non-hydrogen) atoms. The van der Waals surface area contributed by atoms with Gasteiger partial charge in [-0.2, -0.15) is 13.2 Å². The van der Waals surface area contributed by atoms with Gasteiger partial charge in [0.25, 0.3) is 0 Å². The summed E-state index contributed by atoms with van der Waals surface area (Å²) in [6.07, 6.45) is -8.91. The molecule has 0 N–H and O–H groups in total. The van der Waals surface area contributed by atoms with E-state index in [1.54, 1.807) is 36.4 Å². The number of ether oxygens (including phenoxy) is 2. The van der Waals surface area contributed by atoms with Crippen molar-refractivity contribution in [3.8, 4) is 11.5 Å². The van der Waals surface area contributed by atoms with Gasteiger partial charge in [0.1, 0.15) is 17.3 Å². The van der Waals surface area contributed by atoms with Crippen LogP contribution in [0.25, 0.3) is 0 Å². The van der Waals surface area contributed by atoms with Crippen molar-refractivity contribution in [3.05, 3.63) is 131 Å². The molecule has 0 spiro atoms. The third-order valence-corrected chi connectivity index (χ3v) is 7.43. The molecule has 0 atom stereocenters. The zero-order valence-corrected chi connectivity index (χ0v) is 32.5. The predicted molar refractivity (Wildman–Crippen MR) is 199 cm³/mol. The Morgan fingerprint density at radius 1 is 0.404 bits per heavy atom. The molecule has 2 nitrogen and oxygen atoms in total. The van der Waals surface area contributed by atoms with Crippen LogP contribution in [-0.2, 0) is 21.7 Å². The number of benzene rings is 4. The summed E-state index contributed by atoms with van der Waals surface area (Å²) in [6, 6.07) is 29.8. The summed E-state index contributed by atoms with van der Waals surface area (Å²) >= 11 is 0. The molecule has 0 aliphatic heterocycles. The van der Waals surface area contributed by atoms with Crippen molar-refractivity contribution in [2.45, 2.75) is 117 Å². The standard InChI is InChI=1S/C12H15F3O.C11H13F3O.C10H13F.C10H14/c1-11(2,3)9-4-6-10(7-5-9)16-8-12(13,14)15;1-10(2,3)8-4-6-9(7-5-8)15-11(12,13)14;1-10(2,3)8-4-6-9(11)7-5-8;1-10(2,3)9-7-5-4-6-8-9/h4-7H,8H2,1-3H3;4-7H,1-3H3;4-7H,1-3H3;4-8H,1-3H3. The fourth-order valence-electron chi connectivity index (χ4n) is 4.26. The predicted octanol–water partition coefficient (Wildman–Crippen LogP) is 13.9. The molecule has 0 aromatic heterocycles. The van der Waals surface area contributed by atoms with Gasteiger partial charge in [-0.05, 0) is 80.3 Å². The third kappa shape index (κ3) is 19.6. The Morgan fingerprint density at radius 3 is 1.00 bits per heavy atom.